The molecule has 0 spiro atoms. The fraction of sp³-hybridized carbons (Fsp3) is 0.294. The summed E-state index contributed by atoms with van der Waals surface area (Å²) in [6.07, 6.45) is 0. The topological polar surface area (TPSA) is 12.0 Å². The Bertz CT molecular complexity index is 525. The first-order valence-corrected chi connectivity index (χ1v) is 6.62. The Labute approximate surface area is 114 Å². The monoisotopic (exact) mass is 257 g/mol. The molecule has 2 heteroatoms. The molecule has 0 amide bonds. The van der Waals surface area contributed by atoms with E-state index in [1.165, 1.54) is 28.8 Å². The van der Waals surface area contributed by atoms with E-state index in [4.69, 9.17) is 0 Å². The molecule has 2 aromatic carbocycles. The number of benzene rings is 2. The van der Waals surface area contributed by atoms with Crippen molar-refractivity contribution >= 4 is 0 Å². The van der Waals surface area contributed by atoms with Gasteiger partial charge in [-0.25, -0.2) is 4.39 Å². The number of hydrogen-bond donors (Lipinski definition) is 1. The SMILES string of the molecule is Cc1cccc(C)c1CN[C@@H](C)c1ccc(F)cc1. The maximum absolute atomic E-state index is 12.9. The molecule has 0 aromatic heterocycles. The van der Waals surface area contributed by atoms with Gasteiger partial charge < -0.3 is 5.32 Å². The molecule has 1 atom stereocenters. The third kappa shape index (κ3) is 3.42. The average molecular weight is 257 g/mol. The van der Waals surface area contributed by atoms with Gasteiger partial charge in [0.1, 0.15) is 5.82 Å². The van der Waals surface area contributed by atoms with Crippen LogP contribution in [0.1, 0.15) is 35.2 Å². The van der Waals surface area contributed by atoms with Crippen molar-refractivity contribution in [1.82, 2.24) is 5.32 Å². The molecule has 0 saturated heterocycles. The predicted octanol–water partition coefficient (Wildman–Crippen LogP) is 4.29. The van der Waals surface area contributed by atoms with E-state index in [1.807, 2.05) is 12.1 Å². The Kier molecular flexibility index (Phi) is 4.33. The highest BCUT2D eigenvalue weighted by molar-refractivity contribution is 5.33. The van der Waals surface area contributed by atoms with E-state index in [2.05, 4.69) is 44.3 Å². The zero-order valence-corrected chi connectivity index (χ0v) is 11.7. The summed E-state index contributed by atoms with van der Waals surface area (Å²) in [5, 5.41) is 3.49. The first-order valence-electron chi connectivity index (χ1n) is 6.62. The van der Waals surface area contributed by atoms with Crippen LogP contribution in [-0.2, 0) is 6.54 Å². The molecule has 0 aliphatic heterocycles. The summed E-state index contributed by atoms with van der Waals surface area (Å²) >= 11 is 0. The molecule has 2 rings (SSSR count). The first-order chi connectivity index (χ1) is 9.08. The normalized spacial score (nSPS) is 12.4. The fourth-order valence-corrected chi connectivity index (χ4v) is 2.25. The fourth-order valence-electron chi connectivity index (χ4n) is 2.25. The van der Waals surface area contributed by atoms with Gasteiger partial charge in [0.05, 0.1) is 0 Å². The maximum Gasteiger partial charge on any atom is 0.123 e. The number of halogens is 1. The Morgan fingerprint density at radius 1 is 1.00 bits per heavy atom. The highest BCUT2D eigenvalue weighted by atomic mass is 19.1. The van der Waals surface area contributed by atoms with Gasteiger partial charge >= 0.3 is 0 Å². The largest absolute Gasteiger partial charge is 0.306 e. The summed E-state index contributed by atoms with van der Waals surface area (Å²) in [7, 11) is 0. The predicted molar refractivity (Wildman–Crippen MR) is 77.6 cm³/mol. The Hall–Kier alpha value is -1.67. The second-order valence-electron chi connectivity index (χ2n) is 5.02. The zero-order valence-electron chi connectivity index (χ0n) is 11.7. The standard InChI is InChI=1S/C17H20FN/c1-12-5-4-6-13(2)17(12)11-19-14(3)15-7-9-16(18)10-8-15/h4-10,14,19H,11H2,1-3H3/t14-/m0/s1. The third-order valence-corrected chi connectivity index (χ3v) is 3.60. The lowest BCUT2D eigenvalue weighted by Gasteiger charge is -2.17. The summed E-state index contributed by atoms with van der Waals surface area (Å²) in [5.41, 5.74) is 5.06. The minimum atomic E-state index is -0.189. The second kappa shape index (κ2) is 5.98. The molecule has 1 nitrogen and oxygen atoms in total. The number of nitrogens with one attached hydrogen (secondary N) is 1. The molecule has 0 bridgehead atoms. The third-order valence-electron chi connectivity index (χ3n) is 3.60. The molecule has 0 saturated carbocycles. The lowest BCUT2D eigenvalue weighted by atomic mass is 10.0. The molecule has 19 heavy (non-hydrogen) atoms. The van der Waals surface area contributed by atoms with Crippen molar-refractivity contribution in [2.75, 3.05) is 0 Å². The molecule has 100 valence electrons. The van der Waals surface area contributed by atoms with Gasteiger partial charge in [-0.05, 0) is 55.2 Å². The van der Waals surface area contributed by atoms with Gasteiger partial charge in [-0.1, -0.05) is 30.3 Å². The van der Waals surface area contributed by atoms with Crippen LogP contribution in [0.3, 0.4) is 0 Å². The molecular formula is C17H20FN. The second-order valence-corrected chi connectivity index (χ2v) is 5.02. The van der Waals surface area contributed by atoms with Crippen molar-refractivity contribution in [3.8, 4) is 0 Å². The lowest BCUT2D eigenvalue weighted by Crippen LogP contribution is -2.19. The minimum absolute atomic E-state index is 0.189. The molecule has 0 aliphatic carbocycles. The summed E-state index contributed by atoms with van der Waals surface area (Å²) in [6, 6.07) is 13.2. The van der Waals surface area contributed by atoms with Crippen molar-refractivity contribution in [1.29, 1.82) is 0 Å². The number of rotatable bonds is 4. The van der Waals surface area contributed by atoms with Crippen LogP contribution in [0.4, 0.5) is 4.39 Å². The molecule has 0 fully saturated rings. The maximum atomic E-state index is 12.9. The molecule has 0 unspecified atom stereocenters. The van der Waals surface area contributed by atoms with Crippen LogP contribution in [0.2, 0.25) is 0 Å². The van der Waals surface area contributed by atoms with Crippen molar-refractivity contribution in [2.45, 2.75) is 33.4 Å². The highest BCUT2D eigenvalue weighted by Gasteiger charge is 2.07. The van der Waals surface area contributed by atoms with Gasteiger partial charge in [0.2, 0.25) is 0 Å². The minimum Gasteiger partial charge on any atom is -0.306 e. The van der Waals surface area contributed by atoms with Crippen LogP contribution in [0.25, 0.3) is 0 Å². The Morgan fingerprint density at radius 3 is 2.16 bits per heavy atom. The smallest absolute Gasteiger partial charge is 0.123 e. The molecule has 0 radical (unpaired) electrons. The van der Waals surface area contributed by atoms with E-state index < -0.39 is 0 Å². The summed E-state index contributed by atoms with van der Waals surface area (Å²) in [4.78, 5) is 0. The summed E-state index contributed by atoms with van der Waals surface area (Å²) < 4.78 is 12.9. The van der Waals surface area contributed by atoms with Crippen molar-refractivity contribution in [3.05, 3.63) is 70.5 Å². The molecule has 0 heterocycles. The zero-order chi connectivity index (χ0) is 13.8. The van der Waals surface area contributed by atoms with Crippen molar-refractivity contribution in [2.24, 2.45) is 0 Å². The lowest BCUT2D eigenvalue weighted by molar-refractivity contribution is 0.568. The highest BCUT2D eigenvalue weighted by Crippen LogP contribution is 2.17. The van der Waals surface area contributed by atoms with Crippen LogP contribution in [0.15, 0.2) is 42.5 Å². The number of aryl methyl sites for hydroxylation is 2. The van der Waals surface area contributed by atoms with Crippen LogP contribution in [0.5, 0.6) is 0 Å². The van der Waals surface area contributed by atoms with Gasteiger partial charge in [-0.2, -0.15) is 0 Å². The first kappa shape index (κ1) is 13.8. The van der Waals surface area contributed by atoms with E-state index in [0.29, 0.717) is 0 Å². The van der Waals surface area contributed by atoms with Crippen LogP contribution >= 0.6 is 0 Å². The summed E-state index contributed by atoms with van der Waals surface area (Å²) in [5.74, 6) is -0.189. The van der Waals surface area contributed by atoms with Gasteiger partial charge in [0, 0.05) is 12.6 Å². The van der Waals surface area contributed by atoms with Gasteiger partial charge in [0.25, 0.3) is 0 Å². The molecular weight excluding hydrogens is 237 g/mol. The Balaban J connectivity index is 2.04. The van der Waals surface area contributed by atoms with E-state index in [9.17, 15) is 4.39 Å². The van der Waals surface area contributed by atoms with E-state index in [0.717, 1.165) is 12.1 Å². The molecule has 2 aromatic rings. The van der Waals surface area contributed by atoms with E-state index in [-0.39, 0.29) is 11.9 Å². The van der Waals surface area contributed by atoms with Gasteiger partial charge in [-0.3, -0.25) is 0 Å². The van der Waals surface area contributed by atoms with Crippen molar-refractivity contribution in [3.63, 3.8) is 0 Å². The van der Waals surface area contributed by atoms with E-state index >= 15 is 0 Å². The average Bonchev–Trinajstić information content (AvgIpc) is 2.38. The van der Waals surface area contributed by atoms with Gasteiger partial charge in [0.15, 0.2) is 0 Å². The van der Waals surface area contributed by atoms with Gasteiger partial charge in [-0.15, -0.1) is 0 Å². The Morgan fingerprint density at radius 2 is 1.58 bits per heavy atom. The van der Waals surface area contributed by atoms with E-state index in [1.54, 1.807) is 0 Å². The molecule has 0 aliphatic rings. The van der Waals surface area contributed by atoms with Crippen LogP contribution in [0, 0.1) is 19.7 Å². The number of hydrogen-bond acceptors (Lipinski definition) is 1. The summed E-state index contributed by atoms with van der Waals surface area (Å²) in [6.45, 7) is 7.19. The van der Waals surface area contributed by atoms with Crippen LogP contribution < -0.4 is 5.32 Å². The van der Waals surface area contributed by atoms with Crippen LogP contribution in [-0.4, -0.2) is 0 Å². The molecule has 1 N–H and O–H groups in total. The van der Waals surface area contributed by atoms with Crippen molar-refractivity contribution < 1.29 is 4.39 Å². The quantitative estimate of drug-likeness (QED) is 0.861.